The quantitative estimate of drug-likeness (QED) is 0.500. The van der Waals surface area contributed by atoms with Gasteiger partial charge in [0.25, 0.3) is 0 Å². The smallest absolute Gasteiger partial charge is 0.225 e. The fraction of sp³-hybridized carbons (Fsp3) is 0.182. The van der Waals surface area contributed by atoms with Crippen molar-refractivity contribution in [1.82, 2.24) is 15.3 Å². The van der Waals surface area contributed by atoms with E-state index in [-0.39, 0.29) is 11.9 Å². The van der Waals surface area contributed by atoms with E-state index >= 15 is 0 Å². The number of amides is 1. The summed E-state index contributed by atoms with van der Waals surface area (Å²) in [6, 6.07) is 15.7. The molecule has 6 heteroatoms. The summed E-state index contributed by atoms with van der Waals surface area (Å²) in [5, 5.41) is 6.98. The summed E-state index contributed by atoms with van der Waals surface area (Å²) in [5.41, 5.74) is 3.95. The van der Waals surface area contributed by atoms with Gasteiger partial charge in [-0.2, -0.15) is 0 Å². The van der Waals surface area contributed by atoms with Gasteiger partial charge in [-0.15, -0.1) is 11.3 Å². The van der Waals surface area contributed by atoms with E-state index in [1.54, 1.807) is 18.4 Å². The lowest BCUT2D eigenvalue weighted by Crippen LogP contribution is -2.28. The number of methoxy groups -OCH3 is 1. The Balaban J connectivity index is 1.45. The Morgan fingerprint density at radius 2 is 2.07 bits per heavy atom. The Kier molecular flexibility index (Phi) is 5.12. The molecule has 28 heavy (non-hydrogen) atoms. The number of aromatic amines is 1. The number of aromatic nitrogens is 2. The van der Waals surface area contributed by atoms with Crippen molar-refractivity contribution in [2.75, 3.05) is 7.11 Å². The highest BCUT2D eigenvalue weighted by molar-refractivity contribution is 7.10. The minimum absolute atomic E-state index is 0.0346. The van der Waals surface area contributed by atoms with Crippen LogP contribution in [-0.4, -0.2) is 23.0 Å². The number of hydrogen-bond donors (Lipinski definition) is 2. The van der Waals surface area contributed by atoms with Crippen LogP contribution < -0.4 is 10.1 Å². The maximum Gasteiger partial charge on any atom is 0.225 e. The minimum atomic E-state index is -0.144. The highest BCUT2D eigenvalue weighted by Gasteiger charge is 2.16. The average Bonchev–Trinajstić information content (AvgIpc) is 3.36. The number of nitrogens with zero attached hydrogens (tertiary/aromatic N) is 1. The molecule has 4 aromatic rings. The number of fused-ring (bicyclic) bond motifs is 1. The Morgan fingerprint density at radius 3 is 2.86 bits per heavy atom. The van der Waals surface area contributed by atoms with Crippen LogP contribution in [0.25, 0.3) is 22.2 Å². The van der Waals surface area contributed by atoms with Crippen LogP contribution in [0.4, 0.5) is 0 Å². The molecule has 1 atom stereocenters. The molecule has 2 N–H and O–H groups in total. The summed E-state index contributed by atoms with van der Waals surface area (Å²) < 4.78 is 5.29. The molecule has 0 spiro atoms. The number of rotatable bonds is 6. The first-order valence-corrected chi connectivity index (χ1v) is 9.96. The third kappa shape index (κ3) is 3.77. The molecule has 0 bridgehead atoms. The van der Waals surface area contributed by atoms with E-state index in [1.165, 1.54) is 0 Å². The molecule has 2 aromatic carbocycles. The first-order valence-electron chi connectivity index (χ1n) is 9.08. The number of thiazole rings is 1. The molecule has 0 aliphatic heterocycles. The summed E-state index contributed by atoms with van der Waals surface area (Å²) >= 11 is 1.56. The lowest BCUT2D eigenvalue weighted by atomic mass is 10.1. The standard InChI is InChI=1S/C22H21N3O2S/c1-14(22-25-20(13-28-22)15-6-4-3-5-7-15)24-21(26)10-16-12-23-19-9-8-17(27-2)11-18(16)19/h3-9,11-14,23H,10H2,1-2H3,(H,24,26). The first kappa shape index (κ1) is 18.3. The van der Waals surface area contributed by atoms with Gasteiger partial charge < -0.3 is 15.0 Å². The highest BCUT2D eigenvalue weighted by atomic mass is 32.1. The van der Waals surface area contributed by atoms with Crippen molar-refractivity contribution in [3.05, 3.63) is 70.7 Å². The molecule has 0 saturated carbocycles. The zero-order valence-corrected chi connectivity index (χ0v) is 16.5. The van der Waals surface area contributed by atoms with Crippen LogP contribution in [0.1, 0.15) is 23.5 Å². The van der Waals surface area contributed by atoms with Gasteiger partial charge in [-0.25, -0.2) is 4.98 Å². The van der Waals surface area contributed by atoms with E-state index in [0.717, 1.165) is 38.5 Å². The number of ether oxygens (including phenoxy) is 1. The zero-order chi connectivity index (χ0) is 19.5. The minimum Gasteiger partial charge on any atom is -0.497 e. The predicted molar refractivity (Wildman–Crippen MR) is 113 cm³/mol. The number of nitrogens with one attached hydrogen (secondary N) is 2. The summed E-state index contributed by atoms with van der Waals surface area (Å²) in [4.78, 5) is 20.5. The summed E-state index contributed by atoms with van der Waals surface area (Å²) in [6.07, 6.45) is 2.18. The van der Waals surface area contributed by atoms with Gasteiger partial charge in [-0.05, 0) is 30.7 Å². The lowest BCUT2D eigenvalue weighted by molar-refractivity contribution is -0.121. The lowest BCUT2D eigenvalue weighted by Gasteiger charge is -2.11. The van der Waals surface area contributed by atoms with Gasteiger partial charge >= 0.3 is 0 Å². The van der Waals surface area contributed by atoms with Crippen molar-refractivity contribution < 1.29 is 9.53 Å². The largest absolute Gasteiger partial charge is 0.497 e. The monoisotopic (exact) mass is 391 g/mol. The maximum atomic E-state index is 12.6. The molecule has 0 aliphatic carbocycles. The second-order valence-corrected chi connectivity index (χ2v) is 7.52. The van der Waals surface area contributed by atoms with Crippen LogP contribution >= 0.6 is 11.3 Å². The topological polar surface area (TPSA) is 67.0 Å². The Morgan fingerprint density at radius 1 is 1.25 bits per heavy atom. The summed E-state index contributed by atoms with van der Waals surface area (Å²) in [5.74, 6) is 0.742. The molecular weight excluding hydrogens is 370 g/mol. The van der Waals surface area contributed by atoms with Gasteiger partial charge in [-0.1, -0.05) is 30.3 Å². The SMILES string of the molecule is COc1ccc2[nH]cc(CC(=O)NC(C)c3nc(-c4ccccc4)cs3)c2c1. The second kappa shape index (κ2) is 7.86. The first-order chi connectivity index (χ1) is 13.6. The van der Waals surface area contributed by atoms with E-state index in [9.17, 15) is 4.79 Å². The molecule has 1 unspecified atom stereocenters. The molecule has 1 amide bonds. The predicted octanol–water partition coefficient (Wildman–Crippen LogP) is 4.72. The maximum absolute atomic E-state index is 12.6. The van der Waals surface area contributed by atoms with Crippen LogP contribution in [-0.2, 0) is 11.2 Å². The Hall–Kier alpha value is -3.12. The van der Waals surface area contributed by atoms with E-state index in [2.05, 4.69) is 15.3 Å². The van der Waals surface area contributed by atoms with Crippen LogP contribution in [0.5, 0.6) is 5.75 Å². The van der Waals surface area contributed by atoms with Gasteiger partial charge in [0.1, 0.15) is 10.8 Å². The Labute approximate surface area is 167 Å². The van der Waals surface area contributed by atoms with Crippen molar-refractivity contribution >= 4 is 28.1 Å². The molecule has 142 valence electrons. The summed E-state index contributed by atoms with van der Waals surface area (Å²) in [7, 11) is 1.64. The van der Waals surface area contributed by atoms with Crippen molar-refractivity contribution in [2.45, 2.75) is 19.4 Å². The van der Waals surface area contributed by atoms with Crippen molar-refractivity contribution in [2.24, 2.45) is 0 Å². The van der Waals surface area contributed by atoms with Crippen molar-refractivity contribution in [1.29, 1.82) is 0 Å². The van der Waals surface area contributed by atoms with Gasteiger partial charge in [0.15, 0.2) is 0 Å². The van der Waals surface area contributed by atoms with E-state index in [1.807, 2.05) is 67.0 Å². The van der Waals surface area contributed by atoms with Crippen LogP contribution in [0.3, 0.4) is 0 Å². The van der Waals surface area contributed by atoms with E-state index in [4.69, 9.17) is 4.74 Å². The zero-order valence-electron chi connectivity index (χ0n) is 15.7. The average molecular weight is 391 g/mol. The fourth-order valence-electron chi connectivity index (χ4n) is 3.19. The third-order valence-electron chi connectivity index (χ3n) is 4.67. The van der Waals surface area contributed by atoms with Gasteiger partial charge in [-0.3, -0.25) is 4.79 Å². The molecule has 0 saturated heterocycles. The number of hydrogen-bond acceptors (Lipinski definition) is 4. The van der Waals surface area contributed by atoms with Gasteiger partial charge in [0.05, 0.1) is 25.3 Å². The molecule has 0 radical (unpaired) electrons. The number of carbonyl (C=O) groups is 1. The molecular formula is C22H21N3O2S. The van der Waals surface area contributed by atoms with E-state index in [0.29, 0.717) is 6.42 Å². The Bertz CT molecular complexity index is 1100. The third-order valence-corrected chi connectivity index (χ3v) is 5.69. The molecule has 0 aliphatic rings. The fourth-order valence-corrected chi connectivity index (χ4v) is 4.02. The number of H-pyrrole nitrogens is 1. The van der Waals surface area contributed by atoms with Crippen LogP contribution in [0.15, 0.2) is 60.1 Å². The van der Waals surface area contributed by atoms with Crippen molar-refractivity contribution in [3.8, 4) is 17.0 Å². The van der Waals surface area contributed by atoms with Crippen molar-refractivity contribution in [3.63, 3.8) is 0 Å². The number of benzene rings is 2. The molecule has 2 aromatic heterocycles. The highest BCUT2D eigenvalue weighted by Crippen LogP contribution is 2.26. The summed E-state index contributed by atoms with van der Waals surface area (Å²) in [6.45, 7) is 1.96. The molecule has 0 fully saturated rings. The normalized spacial score (nSPS) is 12.1. The van der Waals surface area contributed by atoms with E-state index < -0.39 is 0 Å². The van der Waals surface area contributed by atoms with Gasteiger partial charge in [0, 0.05) is 28.0 Å². The number of carbonyl (C=O) groups excluding carboxylic acids is 1. The van der Waals surface area contributed by atoms with Crippen LogP contribution in [0.2, 0.25) is 0 Å². The second-order valence-electron chi connectivity index (χ2n) is 6.63. The van der Waals surface area contributed by atoms with Crippen LogP contribution in [0, 0.1) is 0 Å². The molecule has 5 nitrogen and oxygen atoms in total. The molecule has 2 heterocycles. The van der Waals surface area contributed by atoms with Gasteiger partial charge in [0.2, 0.25) is 5.91 Å². The molecule has 4 rings (SSSR count).